The molecule has 0 saturated heterocycles. The number of ether oxygens (including phenoxy) is 1. The summed E-state index contributed by atoms with van der Waals surface area (Å²) in [4.78, 5) is 11.6. The maximum atomic E-state index is 12.9. The van der Waals surface area contributed by atoms with Crippen LogP contribution in [-0.2, 0) is 14.1 Å². The van der Waals surface area contributed by atoms with Gasteiger partial charge < -0.3 is 9.26 Å². The summed E-state index contributed by atoms with van der Waals surface area (Å²) in [6, 6.07) is 8.22. The van der Waals surface area contributed by atoms with Crippen molar-refractivity contribution in [2.75, 3.05) is 6.61 Å². The molecule has 6 heteroatoms. The van der Waals surface area contributed by atoms with Crippen LogP contribution in [0.1, 0.15) is 27.7 Å². The molecule has 0 aliphatic heterocycles. The van der Waals surface area contributed by atoms with Gasteiger partial charge in [0.2, 0.25) is 0 Å². The van der Waals surface area contributed by atoms with Gasteiger partial charge in [0.25, 0.3) is 0 Å². The molecular formula is C14H22NO4P. The largest absolute Gasteiger partial charge is 0.465 e. The molecule has 1 unspecified atom stereocenters. The molecule has 20 heavy (non-hydrogen) atoms. The molecule has 0 aromatic heterocycles. The van der Waals surface area contributed by atoms with Crippen molar-refractivity contribution in [2.24, 2.45) is 0 Å². The Morgan fingerprint density at radius 3 is 2.35 bits per heavy atom. The van der Waals surface area contributed by atoms with Gasteiger partial charge in [-0.2, -0.15) is 0 Å². The van der Waals surface area contributed by atoms with Gasteiger partial charge in [0.1, 0.15) is 11.8 Å². The van der Waals surface area contributed by atoms with Crippen LogP contribution in [0.15, 0.2) is 30.3 Å². The van der Waals surface area contributed by atoms with E-state index >= 15 is 0 Å². The van der Waals surface area contributed by atoms with E-state index in [0.717, 1.165) is 0 Å². The molecule has 1 aromatic carbocycles. The number of carbonyl (C=O) groups is 1. The molecule has 0 aliphatic carbocycles. The molecule has 0 bridgehead atoms. The van der Waals surface area contributed by atoms with Gasteiger partial charge in [0.05, 0.1) is 12.3 Å². The molecule has 0 saturated carbocycles. The van der Waals surface area contributed by atoms with E-state index in [9.17, 15) is 9.36 Å². The van der Waals surface area contributed by atoms with E-state index < -0.39 is 19.5 Å². The molecule has 0 spiro atoms. The zero-order valence-electron chi connectivity index (χ0n) is 12.3. The molecule has 0 radical (unpaired) electrons. The zero-order chi connectivity index (χ0) is 15.2. The lowest BCUT2D eigenvalue weighted by molar-refractivity contribution is -0.144. The minimum atomic E-state index is -3.20. The normalized spacial score (nSPS) is 15.4. The van der Waals surface area contributed by atoms with Crippen LogP contribution in [0.2, 0.25) is 0 Å². The van der Waals surface area contributed by atoms with Crippen LogP contribution in [0.3, 0.4) is 0 Å². The van der Waals surface area contributed by atoms with Crippen molar-refractivity contribution in [3.05, 3.63) is 30.3 Å². The lowest BCUT2D eigenvalue weighted by Gasteiger charge is -2.26. The highest BCUT2D eigenvalue weighted by molar-refractivity contribution is 7.58. The molecule has 1 N–H and O–H groups in total. The lowest BCUT2D eigenvalue weighted by Crippen LogP contribution is -2.36. The van der Waals surface area contributed by atoms with Gasteiger partial charge in [0, 0.05) is 0 Å². The van der Waals surface area contributed by atoms with Gasteiger partial charge in [-0.25, -0.2) is 5.09 Å². The Bertz CT molecular complexity index is 475. The standard InChI is InChI=1S/C14H22NO4P/c1-5-18-14(16)12(4)15-20(17,11(2)3)19-13-9-7-6-8-10-13/h6-12H,5H2,1-4H3,(H,15,17)/t12-,20?/m0/s1. The van der Waals surface area contributed by atoms with Crippen molar-refractivity contribution in [3.8, 4) is 5.75 Å². The van der Waals surface area contributed by atoms with Crippen LogP contribution in [0.25, 0.3) is 0 Å². The monoisotopic (exact) mass is 299 g/mol. The fourth-order valence-electron chi connectivity index (χ4n) is 1.51. The van der Waals surface area contributed by atoms with E-state index in [0.29, 0.717) is 5.75 Å². The summed E-state index contributed by atoms with van der Waals surface area (Å²) in [6.45, 7) is 7.20. The summed E-state index contributed by atoms with van der Waals surface area (Å²) in [7, 11) is -3.20. The summed E-state index contributed by atoms with van der Waals surface area (Å²) in [5.74, 6) is 0.0677. The van der Waals surface area contributed by atoms with Gasteiger partial charge in [0.15, 0.2) is 0 Å². The summed E-state index contributed by atoms with van der Waals surface area (Å²) in [5.41, 5.74) is -0.264. The summed E-state index contributed by atoms with van der Waals surface area (Å²) >= 11 is 0. The Balaban J connectivity index is 2.82. The Labute approximate surface area is 120 Å². The predicted molar refractivity (Wildman–Crippen MR) is 79.0 cm³/mol. The molecule has 5 nitrogen and oxygen atoms in total. The molecule has 1 rings (SSSR count). The number of hydrogen-bond acceptors (Lipinski definition) is 4. The highest BCUT2D eigenvalue weighted by atomic mass is 31.2. The van der Waals surface area contributed by atoms with E-state index in [2.05, 4.69) is 5.09 Å². The lowest BCUT2D eigenvalue weighted by atomic mass is 10.3. The van der Waals surface area contributed by atoms with E-state index in [1.807, 2.05) is 6.07 Å². The minimum Gasteiger partial charge on any atom is -0.465 e. The third-order valence-corrected chi connectivity index (χ3v) is 5.27. The number of nitrogens with one attached hydrogen (secondary N) is 1. The fraction of sp³-hybridized carbons (Fsp3) is 0.500. The Morgan fingerprint density at radius 1 is 1.25 bits per heavy atom. The Morgan fingerprint density at radius 2 is 1.85 bits per heavy atom. The predicted octanol–water partition coefficient (Wildman–Crippen LogP) is 3.21. The third kappa shape index (κ3) is 4.66. The number of para-hydroxylation sites is 1. The first-order valence-electron chi connectivity index (χ1n) is 6.68. The first-order chi connectivity index (χ1) is 9.39. The smallest absolute Gasteiger partial charge is 0.323 e. The van der Waals surface area contributed by atoms with Crippen molar-refractivity contribution in [2.45, 2.75) is 39.4 Å². The van der Waals surface area contributed by atoms with Crippen LogP contribution in [0.4, 0.5) is 0 Å². The maximum Gasteiger partial charge on any atom is 0.323 e. The summed E-state index contributed by atoms with van der Waals surface area (Å²) < 4.78 is 23.4. The molecule has 0 amide bonds. The molecule has 0 heterocycles. The van der Waals surface area contributed by atoms with Gasteiger partial charge >= 0.3 is 13.5 Å². The first kappa shape index (κ1) is 16.7. The molecule has 0 fully saturated rings. The van der Waals surface area contributed by atoms with Crippen molar-refractivity contribution in [1.29, 1.82) is 0 Å². The number of benzene rings is 1. The maximum absolute atomic E-state index is 12.9. The number of carbonyl (C=O) groups excluding carboxylic acids is 1. The van der Waals surface area contributed by atoms with Gasteiger partial charge in [-0.15, -0.1) is 0 Å². The average Bonchev–Trinajstić information content (AvgIpc) is 2.39. The van der Waals surface area contributed by atoms with Gasteiger partial charge in [-0.1, -0.05) is 32.0 Å². The number of hydrogen-bond donors (Lipinski definition) is 1. The molecule has 112 valence electrons. The van der Waals surface area contributed by atoms with E-state index in [1.165, 1.54) is 0 Å². The summed E-state index contributed by atoms with van der Waals surface area (Å²) in [6.07, 6.45) is 0. The van der Waals surface area contributed by atoms with Crippen molar-refractivity contribution in [3.63, 3.8) is 0 Å². The SMILES string of the molecule is CCOC(=O)[C@H](C)NP(=O)(Oc1ccccc1)C(C)C. The Hall–Kier alpha value is -1.32. The van der Waals surface area contributed by atoms with Gasteiger partial charge in [-0.3, -0.25) is 9.36 Å². The quantitative estimate of drug-likeness (QED) is 0.618. The highest BCUT2D eigenvalue weighted by Crippen LogP contribution is 2.48. The van der Waals surface area contributed by atoms with Crippen molar-refractivity contribution >= 4 is 13.5 Å². The van der Waals surface area contributed by atoms with Crippen LogP contribution < -0.4 is 9.61 Å². The zero-order valence-corrected chi connectivity index (χ0v) is 13.2. The van der Waals surface area contributed by atoms with E-state index in [-0.39, 0.29) is 12.3 Å². The first-order valence-corrected chi connectivity index (χ1v) is 8.37. The molecule has 2 atom stereocenters. The number of rotatable bonds is 7. The van der Waals surface area contributed by atoms with Crippen LogP contribution in [-0.4, -0.2) is 24.3 Å². The average molecular weight is 299 g/mol. The van der Waals surface area contributed by atoms with E-state index in [4.69, 9.17) is 9.26 Å². The minimum absolute atomic E-state index is 0.264. The second kappa shape index (κ2) is 7.46. The van der Waals surface area contributed by atoms with Crippen molar-refractivity contribution in [1.82, 2.24) is 5.09 Å². The topological polar surface area (TPSA) is 64.6 Å². The third-order valence-electron chi connectivity index (χ3n) is 2.68. The number of esters is 1. The fourth-order valence-corrected chi connectivity index (χ4v) is 3.15. The van der Waals surface area contributed by atoms with Crippen molar-refractivity contribution < 1.29 is 18.6 Å². The molecule has 0 aliphatic rings. The highest BCUT2D eigenvalue weighted by Gasteiger charge is 2.33. The second-order valence-corrected chi connectivity index (χ2v) is 7.37. The molecular weight excluding hydrogens is 277 g/mol. The molecule has 1 aromatic rings. The van der Waals surface area contributed by atoms with E-state index in [1.54, 1.807) is 52.0 Å². The van der Waals surface area contributed by atoms with Crippen LogP contribution in [0.5, 0.6) is 5.75 Å². The second-order valence-electron chi connectivity index (χ2n) is 4.70. The Kier molecular flexibility index (Phi) is 6.24. The van der Waals surface area contributed by atoms with Gasteiger partial charge in [-0.05, 0) is 26.0 Å². The van der Waals surface area contributed by atoms with Crippen LogP contribution >= 0.6 is 7.52 Å². The summed E-state index contributed by atoms with van der Waals surface area (Å²) in [5, 5.41) is 2.78. The van der Waals surface area contributed by atoms with Crippen LogP contribution in [0, 0.1) is 0 Å².